The first kappa shape index (κ1) is 16.6. The zero-order valence-electron chi connectivity index (χ0n) is 14.9. The molecule has 26 heavy (non-hydrogen) atoms. The summed E-state index contributed by atoms with van der Waals surface area (Å²) < 4.78 is 5.60. The lowest BCUT2D eigenvalue weighted by Crippen LogP contribution is -2.56. The number of carbonyl (C=O) groups excluding carboxylic acids is 2. The van der Waals surface area contributed by atoms with Crippen molar-refractivity contribution >= 4 is 11.8 Å². The quantitative estimate of drug-likeness (QED) is 0.854. The SMILES string of the molecule is Cc1ccc(OCC(=O)N2CC(=O)N3CCc4ccccc4C3C2)cc1. The van der Waals surface area contributed by atoms with E-state index in [1.54, 1.807) is 4.90 Å². The van der Waals surface area contributed by atoms with Crippen molar-refractivity contribution in [2.75, 3.05) is 26.2 Å². The summed E-state index contributed by atoms with van der Waals surface area (Å²) in [6.45, 7) is 3.34. The third kappa shape index (κ3) is 3.17. The first-order valence-electron chi connectivity index (χ1n) is 8.96. The largest absolute Gasteiger partial charge is 0.484 e. The van der Waals surface area contributed by atoms with E-state index in [1.165, 1.54) is 5.56 Å². The van der Waals surface area contributed by atoms with Crippen molar-refractivity contribution < 1.29 is 14.3 Å². The van der Waals surface area contributed by atoms with Crippen molar-refractivity contribution in [1.29, 1.82) is 0 Å². The van der Waals surface area contributed by atoms with E-state index in [-0.39, 0.29) is 31.0 Å². The van der Waals surface area contributed by atoms with E-state index in [1.807, 2.05) is 48.2 Å². The molecule has 2 aliphatic heterocycles. The van der Waals surface area contributed by atoms with Crippen LogP contribution in [0.4, 0.5) is 0 Å². The van der Waals surface area contributed by atoms with E-state index in [4.69, 9.17) is 4.74 Å². The minimum atomic E-state index is -0.151. The van der Waals surface area contributed by atoms with Crippen LogP contribution in [0.1, 0.15) is 22.7 Å². The molecule has 0 saturated carbocycles. The average Bonchev–Trinajstić information content (AvgIpc) is 2.67. The van der Waals surface area contributed by atoms with Gasteiger partial charge in [0.05, 0.1) is 12.6 Å². The molecule has 1 atom stereocenters. The number of hydrogen-bond acceptors (Lipinski definition) is 3. The minimum absolute atomic E-state index is 0.0134. The topological polar surface area (TPSA) is 49.9 Å². The maximum atomic E-state index is 12.6. The average molecular weight is 350 g/mol. The highest BCUT2D eigenvalue weighted by Gasteiger charge is 2.38. The van der Waals surface area contributed by atoms with Crippen LogP contribution in [-0.2, 0) is 16.0 Å². The van der Waals surface area contributed by atoms with Gasteiger partial charge < -0.3 is 14.5 Å². The summed E-state index contributed by atoms with van der Waals surface area (Å²) in [5.41, 5.74) is 3.57. The van der Waals surface area contributed by atoms with Gasteiger partial charge in [0.1, 0.15) is 5.75 Å². The second kappa shape index (κ2) is 6.83. The van der Waals surface area contributed by atoms with Crippen LogP contribution in [0, 0.1) is 6.92 Å². The zero-order chi connectivity index (χ0) is 18.1. The van der Waals surface area contributed by atoms with Gasteiger partial charge in [0.25, 0.3) is 5.91 Å². The molecule has 0 bridgehead atoms. The van der Waals surface area contributed by atoms with E-state index in [0.29, 0.717) is 12.3 Å². The Morgan fingerprint density at radius 2 is 1.92 bits per heavy atom. The van der Waals surface area contributed by atoms with Gasteiger partial charge in [-0.15, -0.1) is 0 Å². The zero-order valence-corrected chi connectivity index (χ0v) is 14.9. The molecule has 5 heteroatoms. The van der Waals surface area contributed by atoms with Gasteiger partial charge >= 0.3 is 0 Å². The smallest absolute Gasteiger partial charge is 0.261 e. The van der Waals surface area contributed by atoms with Crippen LogP contribution in [0.25, 0.3) is 0 Å². The van der Waals surface area contributed by atoms with Gasteiger partial charge in [0.2, 0.25) is 5.91 Å². The first-order valence-corrected chi connectivity index (χ1v) is 8.96. The number of aryl methyl sites for hydroxylation is 1. The Bertz CT molecular complexity index is 831. The molecular weight excluding hydrogens is 328 g/mol. The van der Waals surface area contributed by atoms with Crippen molar-refractivity contribution in [3.63, 3.8) is 0 Å². The van der Waals surface area contributed by atoms with E-state index < -0.39 is 0 Å². The van der Waals surface area contributed by atoms with E-state index >= 15 is 0 Å². The fraction of sp³-hybridized carbons (Fsp3) is 0.333. The molecule has 2 aliphatic rings. The molecule has 2 heterocycles. The van der Waals surface area contributed by atoms with Crippen LogP contribution < -0.4 is 4.74 Å². The maximum absolute atomic E-state index is 12.6. The maximum Gasteiger partial charge on any atom is 0.261 e. The predicted molar refractivity (Wildman–Crippen MR) is 97.9 cm³/mol. The van der Waals surface area contributed by atoms with Gasteiger partial charge in [-0.25, -0.2) is 0 Å². The summed E-state index contributed by atoms with van der Waals surface area (Å²) in [6.07, 6.45) is 0.878. The molecule has 0 aliphatic carbocycles. The summed E-state index contributed by atoms with van der Waals surface area (Å²) in [4.78, 5) is 28.7. The molecule has 0 spiro atoms. The molecule has 5 nitrogen and oxygen atoms in total. The Morgan fingerprint density at radius 3 is 2.73 bits per heavy atom. The van der Waals surface area contributed by atoms with Crippen LogP contribution >= 0.6 is 0 Å². The molecule has 1 unspecified atom stereocenters. The number of nitrogens with zero attached hydrogens (tertiary/aromatic N) is 2. The lowest BCUT2D eigenvalue weighted by Gasteiger charge is -2.44. The van der Waals surface area contributed by atoms with Gasteiger partial charge in [0, 0.05) is 13.1 Å². The van der Waals surface area contributed by atoms with Crippen molar-refractivity contribution in [1.82, 2.24) is 9.80 Å². The lowest BCUT2D eigenvalue weighted by molar-refractivity contribution is -0.150. The van der Waals surface area contributed by atoms with Crippen LogP contribution in [0.2, 0.25) is 0 Å². The summed E-state index contributed by atoms with van der Waals surface area (Å²) in [5.74, 6) is 0.526. The molecular formula is C21H22N2O3. The number of carbonyl (C=O) groups is 2. The standard InChI is InChI=1S/C21H22N2O3/c1-15-6-8-17(9-7-15)26-14-21(25)22-12-19-18-5-3-2-4-16(18)10-11-23(19)20(24)13-22/h2-9,19H,10-14H2,1H3. The molecule has 0 N–H and O–H groups in total. The van der Waals surface area contributed by atoms with Gasteiger partial charge in [-0.3, -0.25) is 9.59 Å². The number of benzene rings is 2. The third-order valence-corrected chi connectivity index (χ3v) is 5.19. The normalized spacial score (nSPS) is 19.0. The highest BCUT2D eigenvalue weighted by atomic mass is 16.5. The van der Waals surface area contributed by atoms with Crippen LogP contribution in [-0.4, -0.2) is 47.9 Å². The molecule has 4 rings (SSSR count). The number of amides is 2. The second-order valence-electron chi connectivity index (χ2n) is 6.93. The van der Waals surface area contributed by atoms with Gasteiger partial charge in [-0.1, -0.05) is 42.0 Å². The number of fused-ring (bicyclic) bond motifs is 3. The van der Waals surface area contributed by atoms with Crippen LogP contribution in [0.5, 0.6) is 5.75 Å². The van der Waals surface area contributed by atoms with E-state index in [0.717, 1.165) is 24.1 Å². The van der Waals surface area contributed by atoms with Gasteiger partial charge in [-0.2, -0.15) is 0 Å². The fourth-order valence-electron chi connectivity index (χ4n) is 3.74. The molecule has 134 valence electrons. The van der Waals surface area contributed by atoms with E-state index in [9.17, 15) is 9.59 Å². The molecule has 0 aromatic heterocycles. The number of rotatable bonds is 3. The summed E-state index contributed by atoms with van der Waals surface area (Å²) in [5, 5.41) is 0. The third-order valence-electron chi connectivity index (χ3n) is 5.19. The molecule has 1 saturated heterocycles. The minimum Gasteiger partial charge on any atom is -0.484 e. The number of hydrogen-bond donors (Lipinski definition) is 0. The van der Waals surface area contributed by atoms with Crippen LogP contribution in [0.15, 0.2) is 48.5 Å². The second-order valence-corrected chi connectivity index (χ2v) is 6.93. The Labute approximate surface area is 153 Å². The van der Waals surface area contributed by atoms with Crippen molar-refractivity contribution in [3.8, 4) is 5.75 Å². The predicted octanol–water partition coefficient (Wildman–Crippen LogP) is 2.34. The Kier molecular flexibility index (Phi) is 4.37. The fourth-order valence-corrected chi connectivity index (χ4v) is 3.74. The molecule has 2 amide bonds. The number of ether oxygens (including phenoxy) is 1. The molecule has 2 aromatic rings. The Hall–Kier alpha value is -2.82. The van der Waals surface area contributed by atoms with Crippen molar-refractivity contribution in [2.45, 2.75) is 19.4 Å². The van der Waals surface area contributed by atoms with Crippen molar-refractivity contribution in [3.05, 3.63) is 65.2 Å². The molecule has 0 radical (unpaired) electrons. The lowest BCUT2D eigenvalue weighted by atomic mass is 9.91. The molecule has 1 fully saturated rings. The van der Waals surface area contributed by atoms with E-state index in [2.05, 4.69) is 12.1 Å². The Balaban J connectivity index is 1.46. The first-order chi connectivity index (χ1) is 12.6. The summed E-state index contributed by atoms with van der Waals surface area (Å²) >= 11 is 0. The number of piperazine rings is 1. The monoisotopic (exact) mass is 350 g/mol. The van der Waals surface area contributed by atoms with Crippen LogP contribution in [0.3, 0.4) is 0 Å². The summed E-state index contributed by atoms with van der Waals surface area (Å²) in [6, 6.07) is 15.7. The Morgan fingerprint density at radius 1 is 1.15 bits per heavy atom. The summed E-state index contributed by atoms with van der Waals surface area (Å²) in [7, 11) is 0. The highest BCUT2D eigenvalue weighted by Crippen LogP contribution is 2.32. The highest BCUT2D eigenvalue weighted by molar-refractivity contribution is 5.87. The van der Waals surface area contributed by atoms with Gasteiger partial charge in [0.15, 0.2) is 6.61 Å². The van der Waals surface area contributed by atoms with Gasteiger partial charge in [-0.05, 0) is 36.6 Å². The van der Waals surface area contributed by atoms with Crippen molar-refractivity contribution in [2.24, 2.45) is 0 Å². The molecule has 2 aromatic carbocycles.